The molecule has 2 aromatic heterocycles. The topological polar surface area (TPSA) is 71.5 Å². The van der Waals surface area contributed by atoms with Gasteiger partial charge in [-0.15, -0.1) is 12.4 Å². The number of hydrogen-bond acceptors (Lipinski definition) is 5. The molecule has 22 heavy (non-hydrogen) atoms. The van der Waals surface area contributed by atoms with Crippen molar-refractivity contribution in [3.63, 3.8) is 0 Å². The number of nitrogens with one attached hydrogen (secondary N) is 1. The van der Waals surface area contributed by atoms with Crippen molar-refractivity contribution in [1.29, 1.82) is 0 Å². The van der Waals surface area contributed by atoms with E-state index >= 15 is 0 Å². The number of likely N-dealkylation sites (tertiary alicyclic amines) is 1. The Bertz CT molecular complexity index is 640. The molecule has 2 fully saturated rings. The molecular formula is C15H18ClN3O3. The molecule has 1 amide bonds. The molecule has 2 unspecified atom stereocenters. The van der Waals surface area contributed by atoms with Crippen LogP contribution in [0.15, 0.2) is 33.4 Å². The van der Waals surface area contributed by atoms with Crippen LogP contribution in [-0.4, -0.2) is 41.1 Å². The lowest BCUT2D eigenvalue weighted by Gasteiger charge is -2.23. The van der Waals surface area contributed by atoms with Crippen LogP contribution < -0.4 is 5.32 Å². The van der Waals surface area contributed by atoms with E-state index in [4.69, 9.17) is 8.94 Å². The zero-order valence-corrected chi connectivity index (χ0v) is 12.8. The van der Waals surface area contributed by atoms with Gasteiger partial charge in [0.2, 0.25) is 5.76 Å². The van der Waals surface area contributed by atoms with Crippen LogP contribution in [0.2, 0.25) is 0 Å². The van der Waals surface area contributed by atoms with E-state index in [1.54, 1.807) is 24.5 Å². The zero-order valence-electron chi connectivity index (χ0n) is 12.0. The maximum absolute atomic E-state index is 12.6. The van der Waals surface area contributed by atoms with Gasteiger partial charge >= 0.3 is 0 Å². The minimum absolute atomic E-state index is 0. The Morgan fingerprint density at radius 2 is 2.14 bits per heavy atom. The predicted octanol–water partition coefficient (Wildman–Crippen LogP) is 2.32. The van der Waals surface area contributed by atoms with Crippen LogP contribution in [0, 0.1) is 0 Å². The highest BCUT2D eigenvalue weighted by Crippen LogP contribution is 2.24. The van der Waals surface area contributed by atoms with E-state index in [1.807, 2.05) is 4.90 Å². The van der Waals surface area contributed by atoms with E-state index in [0.29, 0.717) is 29.3 Å². The minimum Gasteiger partial charge on any atom is -0.461 e. The maximum atomic E-state index is 12.6. The largest absolute Gasteiger partial charge is 0.461 e. The van der Waals surface area contributed by atoms with Crippen LogP contribution >= 0.6 is 12.4 Å². The molecule has 4 rings (SSSR count). The summed E-state index contributed by atoms with van der Waals surface area (Å²) in [5, 5.41) is 7.46. The second-order valence-electron chi connectivity index (χ2n) is 5.73. The van der Waals surface area contributed by atoms with Gasteiger partial charge in [0.05, 0.1) is 6.26 Å². The number of furan rings is 1. The quantitative estimate of drug-likeness (QED) is 0.918. The molecule has 4 heterocycles. The van der Waals surface area contributed by atoms with Crippen molar-refractivity contribution in [2.24, 2.45) is 0 Å². The molecule has 1 N–H and O–H groups in total. The molecule has 2 aliphatic heterocycles. The average Bonchev–Trinajstić information content (AvgIpc) is 3.17. The number of amides is 1. The van der Waals surface area contributed by atoms with Gasteiger partial charge < -0.3 is 19.2 Å². The van der Waals surface area contributed by atoms with Crippen LogP contribution in [0.5, 0.6) is 0 Å². The molecule has 6 nitrogen and oxygen atoms in total. The first-order valence-electron chi connectivity index (χ1n) is 7.35. The second-order valence-corrected chi connectivity index (χ2v) is 5.73. The first-order valence-corrected chi connectivity index (χ1v) is 7.35. The van der Waals surface area contributed by atoms with Crippen molar-refractivity contribution < 1.29 is 13.7 Å². The van der Waals surface area contributed by atoms with Gasteiger partial charge in [-0.05, 0) is 31.4 Å². The lowest BCUT2D eigenvalue weighted by atomic mass is 10.1. The summed E-state index contributed by atoms with van der Waals surface area (Å²) in [5.74, 6) is 1.00. The maximum Gasteiger partial charge on any atom is 0.276 e. The second kappa shape index (κ2) is 6.14. The normalized spacial score (nSPS) is 23.9. The molecule has 2 atom stereocenters. The lowest BCUT2D eigenvalue weighted by Crippen LogP contribution is -2.39. The van der Waals surface area contributed by atoms with Gasteiger partial charge in [-0.25, -0.2) is 0 Å². The first kappa shape index (κ1) is 15.1. The third-order valence-corrected chi connectivity index (χ3v) is 4.30. The summed E-state index contributed by atoms with van der Waals surface area (Å²) in [6.07, 6.45) is 4.94. The predicted molar refractivity (Wildman–Crippen MR) is 81.9 cm³/mol. The van der Waals surface area contributed by atoms with Crippen molar-refractivity contribution in [2.75, 3.05) is 13.1 Å². The summed E-state index contributed by atoms with van der Waals surface area (Å²) in [5.41, 5.74) is 0.346. The molecule has 2 saturated heterocycles. The van der Waals surface area contributed by atoms with Crippen molar-refractivity contribution in [3.8, 4) is 11.5 Å². The van der Waals surface area contributed by atoms with Gasteiger partial charge in [-0.3, -0.25) is 4.79 Å². The monoisotopic (exact) mass is 323 g/mol. The van der Waals surface area contributed by atoms with Gasteiger partial charge in [0.15, 0.2) is 11.5 Å². The summed E-state index contributed by atoms with van der Waals surface area (Å²) in [4.78, 5) is 14.4. The number of hydrogen-bond donors (Lipinski definition) is 1. The molecule has 2 bridgehead atoms. The summed E-state index contributed by atoms with van der Waals surface area (Å²) in [6, 6.07) is 6.18. The molecule has 0 radical (unpaired) electrons. The van der Waals surface area contributed by atoms with Gasteiger partial charge in [-0.1, -0.05) is 5.16 Å². The fourth-order valence-corrected chi connectivity index (χ4v) is 3.20. The average molecular weight is 324 g/mol. The standard InChI is InChI=1S/C15H17N3O3.ClH/c19-15(18-6-5-10-3-4-11(9-18)16-10)12-8-14(21-17-12)13-2-1-7-20-13;/h1-2,7-8,10-11,16H,3-6,9H2;1H. The molecule has 0 spiro atoms. The van der Waals surface area contributed by atoms with Crippen LogP contribution in [0.25, 0.3) is 11.5 Å². The smallest absolute Gasteiger partial charge is 0.276 e. The summed E-state index contributed by atoms with van der Waals surface area (Å²) in [7, 11) is 0. The fraction of sp³-hybridized carbons (Fsp3) is 0.467. The van der Waals surface area contributed by atoms with Gasteiger partial charge in [0.1, 0.15) is 0 Å². The molecule has 0 saturated carbocycles. The zero-order chi connectivity index (χ0) is 14.2. The van der Waals surface area contributed by atoms with Gasteiger partial charge in [-0.2, -0.15) is 0 Å². The Kier molecular flexibility index (Phi) is 4.22. The van der Waals surface area contributed by atoms with Gasteiger partial charge in [0.25, 0.3) is 5.91 Å². The Balaban J connectivity index is 0.00000144. The Labute approximate surface area is 134 Å². The number of rotatable bonds is 2. The first-order chi connectivity index (χ1) is 10.3. The third-order valence-electron chi connectivity index (χ3n) is 4.30. The highest BCUT2D eigenvalue weighted by Gasteiger charge is 2.32. The summed E-state index contributed by atoms with van der Waals surface area (Å²) >= 11 is 0. The SMILES string of the molecule is Cl.O=C(c1cc(-c2ccco2)on1)N1CCC2CCC(C1)N2. The molecule has 2 aliphatic rings. The van der Waals surface area contributed by atoms with Crippen molar-refractivity contribution in [3.05, 3.63) is 30.2 Å². The summed E-state index contributed by atoms with van der Waals surface area (Å²) < 4.78 is 10.5. The van der Waals surface area contributed by atoms with E-state index in [2.05, 4.69) is 10.5 Å². The molecule has 2 aromatic rings. The van der Waals surface area contributed by atoms with E-state index in [0.717, 1.165) is 25.9 Å². The molecule has 0 aliphatic carbocycles. The summed E-state index contributed by atoms with van der Waals surface area (Å²) in [6.45, 7) is 1.52. The highest BCUT2D eigenvalue weighted by molar-refractivity contribution is 5.93. The van der Waals surface area contributed by atoms with Crippen LogP contribution in [-0.2, 0) is 0 Å². The minimum atomic E-state index is -0.0640. The van der Waals surface area contributed by atoms with Gasteiger partial charge in [0, 0.05) is 31.2 Å². The number of carbonyl (C=O) groups is 1. The van der Waals surface area contributed by atoms with E-state index in [1.165, 1.54) is 6.42 Å². The molecular weight excluding hydrogens is 306 g/mol. The molecule has 0 aromatic carbocycles. The van der Waals surface area contributed by atoms with Crippen molar-refractivity contribution in [1.82, 2.24) is 15.4 Å². The van der Waals surface area contributed by atoms with Crippen LogP contribution in [0.1, 0.15) is 29.8 Å². The van der Waals surface area contributed by atoms with Crippen molar-refractivity contribution in [2.45, 2.75) is 31.3 Å². The Hall–Kier alpha value is -1.79. The third kappa shape index (κ3) is 2.76. The van der Waals surface area contributed by atoms with E-state index in [-0.39, 0.29) is 18.3 Å². The number of carbonyl (C=O) groups excluding carboxylic acids is 1. The lowest BCUT2D eigenvalue weighted by molar-refractivity contribution is 0.0738. The van der Waals surface area contributed by atoms with Crippen molar-refractivity contribution >= 4 is 18.3 Å². The fourth-order valence-electron chi connectivity index (χ4n) is 3.20. The number of nitrogens with zero attached hydrogens (tertiary/aromatic N) is 2. The Morgan fingerprint density at radius 1 is 1.27 bits per heavy atom. The van der Waals surface area contributed by atoms with E-state index < -0.39 is 0 Å². The molecule has 118 valence electrons. The number of fused-ring (bicyclic) bond motifs is 2. The van der Waals surface area contributed by atoms with E-state index in [9.17, 15) is 4.79 Å². The molecule has 7 heteroatoms. The number of halogens is 1. The highest BCUT2D eigenvalue weighted by atomic mass is 35.5. The van der Waals surface area contributed by atoms with Crippen LogP contribution in [0.4, 0.5) is 0 Å². The number of aromatic nitrogens is 1. The Morgan fingerprint density at radius 3 is 2.95 bits per heavy atom. The van der Waals surface area contributed by atoms with Crippen LogP contribution in [0.3, 0.4) is 0 Å².